The summed E-state index contributed by atoms with van der Waals surface area (Å²) in [6, 6.07) is 5.83. The van der Waals surface area contributed by atoms with Crippen LogP contribution < -0.4 is 0 Å². The number of carboxylic acid groups (broad SMARTS) is 1. The first-order valence-electron chi connectivity index (χ1n) is 10.2. The van der Waals surface area contributed by atoms with Crippen LogP contribution in [0.15, 0.2) is 45.7 Å². The summed E-state index contributed by atoms with van der Waals surface area (Å²) in [6.45, 7) is 11.6. The molecular formula is C24H22FN3O3S2. The van der Waals surface area contributed by atoms with E-state index in [4.69, 9.17) is 9.40 Å². The quantitative estimate of drug-likeness (QED) is 0.289. The predicted octanol–water partition coefficient (Wildman–Crippen LogP) is 6.85. The van der Waals surface area contributed by atoms with Gasteiger partial charge in [-0.2, -0.15) is 9.78 Å². The first-order chi connectivity index (χ1) is 15.7. The molecule has 0 aliphatic carbocycles. The minimum Gasteiger partial charge on any atom is -0.476 e. The number of benzene rings is 1. The lowest BCUT2D eigenvalue weighted by Gasteiger charge is -2.04. The van der Waals surface area contributed by atoms with E-state index >= 15 is 0 Å². The Morgan fingerprint density at radius 3 is 2.76 bits per heavy atom. The van der Waals surface area contributed by atoms with E-state index in [-0.39, 0.29) is 10.9 Å². The Labute approximate surface area is 198 Å². The first-order valence-corrected chi connectivity index (χ1v) is 11.9. The third-order valence-electron chi connectivity index (χ3n) is 4.97. The molecule has 0 saturated carbocycles. The summed E-state index contributed by atoms with van der Waals surface area (Å²) < 4.78 is 21.7. The number of carboxylic acids is 1. The van der Waals surface area contributed by atoms with Crippen LogP contribution in [0.5, 0.6) is 0 Å². The molecule has 0 saturated heterocycles. The van der Waals surface area contributed by atoms with Gasteiger partial charge in [-0.1, -0.05) is 50.0 Å². The summed E-state index contributed by atoms with van der Waals surface area (Å²) in [7, 11) is 0. The van der Waals surface area contributed by atoms with Gasteiger partial charge in [-0.25, -0.2) is 14.2 Å². The predicted molar refractivity (Wildman–Crippen MR) is 130 cm³/mol. The number of aromatic nitrogens is 3. The smallest absolute Gasteiger partial charge is 0.355 e. The number of furan rings is 1. The van der Waals surface area contributed by atoms with Crippen molar-refractivity contribution in [2.45, 2.75) is 37.2 Å². The zero-order valence-electron chi connectivity index (χ0n) is 18.5. The van der Waals surface area contributed by atoms with Gasteiger partial charge in [0.1, 0.15) is 23.5 Å². The van der Waals surface area contributed by atoms with Crippen molar-refractivity contribution in [1.29, 1.82) is 0 Å². The standard InChI is InChI=1S/C24H22FN3O3S2/c1-6-17-14(5)31-11-18(17)20-23(32-12(2)3)33-24(26-20)28-21(22(29)30)19(13(4)27-28)15-8-7-9-16(25)10-15/h6-12H,1H2,2-5H3,(H,29,30). The third-order valence-corrected chi connectivity index (χ3v) is 7.21. The highest BCUT2D eigenvalue weighted by Crippen LogP contribution is 2.42. The second-order valence-corrected chi connectivity index (χ2v) is 10.5. The molecule has 0 aliphatic rings. The van der Waals surface area contributed by atoms with Gasteiger partial charge in [0.25, 0.3) is 0 Å². The summed E-state index contributed by atoms with van der Waals surface area (Å²) in [5.74, 6) is -0.893. The molecular weight excluding hydrogens is 461 g/mol. The molecule has 6 nitrogen and oxygen atoms in total. The fourth-order valence-electron chi connectivity index (χ4n) is 3.60. The molecule has 3 heterocycles. The highest BCUT2D eigenvalue weighted by atomic mass is 32.2. The zero-order chi connectivity index (χ0) is 23.9. The van der Waals surface area contributed by atoms with E-state index in [0.717, 1.165) is 21.1 Å². The highest BCUT2D eigenvalue weighted by molar-refractivity contribution is 8.01. The molecule has 170 valence electrons. The highest BCUT2D eigenvalue weighted by Gasteiger charge is 2.27. The SMILES string of the molecule is C=Cc1c(-c2nc(-n3nc(C)c(-c4cccc(F)c4)c3C(=O)O)sc2SC(C)C)coc1C. The molecule has 3 aromatic heterocycles. The molecule has 0 fully saturated rings. The molecule has 4 rings (SSSR count). The summed E-state index contributed by atoms with van der Waals surface area (Å²) in [5.41, 5.74) is 3.54. The minimum absolute atomic E-state index is 0.0631. The van der Waals surface area contributed by atoms with E-state index in [1.165, 1.54) is 28.2 Å². The van der Waals surface area contributed by atoms with E-state index in [2.05, 4.69) is 25.5 Å². The van der Waals surface area contributed by atoms with Crippen molar-refractivity contribution in [2.75, 3.05) is 0 Å². The van der Waals surface area contributed by atoms with Crippen molar-refractivity contribution in [3.05, 3.63) is 65.6 Å². The summed E-state index contributed by atoms with van der Waals surface area (Å²) in [4.78, 5) is 17.1. The van der Waals surface area contributed by atoms with Crippen LogP contribution in [0.1, 0.15) is 41.4 Å². The second kappa shape index (κ2) is 8.99. The Hall–Kier alpha value is -3.17. The average Bonchev–Trinajstić information content (AvgIpc) is 3.42. The van der Waals surface area contributed by atoms with Gasteiger partial charge in [0.15, 0.2) is 5.69 Å². The van der Waals surface area contributed by atoms with E-state index in [9.17, 15) is 14.3 Å². The van der Waals surface area contributed by atoms with Crippen LogP contribution in [-0.4, -0.2) is 31.1 Å². The maximum atomic E-state index is 13.9. The zero-order valence-corrected chi connectivity index (χ0v) is 20.2. The monoisotopic (exact) mass is 483 g/mol. The van der Waals surface area contributed by atoms with Gasteiger partial charge in [0.2, 0.25) is 5.13 Å². The van der Waals surface area contributed by atoms with Crippen LogP contribution >= 0.6 is 23.1 Å². The van der Waals surface area contributed by atoms with Gasteiger partial charge >= 0.3 is 5.97 Å². The number of aromatic carboxylic acids is 1. The Kier molecular flexibility index (Phi) is 6.27. The Morgan fingerprint density at radius 2 is 2.12 bits per heavy atom. The fraction of sp³-hybridized carbons (Fsp3) is 0.208. The minimum atomic E-state index is -1.17. The number of nitrogens with zero attached hydrogens (tertiary/aromatic N) is 3. The van der Waals surface area contributed by atoms with Crippen molar-refractivity contribution in [1.82, 2.24) is 14.8 Å². The van der Waals surface area contributed by atoms with Crippen molar-refractivity contribution in [3.63, 3.8) is 0 Å². The van der Waals surface area contributed by atoms with Crippen LogP contribution in [0.4, 0.5) is 4.39 Å². The molecule has 33 heavy (non-hydrogen) atoms. The number of aryl methyl sites for hydroxylation is 2. The third kappa shape index (κ3) is 4.26. The maximum Gasteiger partial charge on any atom is 0.355 e. The number of hydrogen-bond acceptors (Lipinski definition) is 6. The molecule has 0 aliphatic heterocycles. The molecule has 0 atom stereocenters. The van der Waals surface area contributed by atoms with E-state index in [0.29, 0.717) is 27.6 Å². The van der Waals surface area contributed by atoms with Gasteiger partial charge in [0, 0.05) is 21.9 Å². The van der Waals surface area contributed by atoms with Gasteiger partial charge in [-0.15, -0.1) is 11.8 Å². The van der Waals surface area contributed by atoms with Crippen LogP contribution in [0.3, 0.4) is 0 Å². The van der Waals surface area contributed by atoms with E-state index in [1.54, 1.807) is 43.2 Å². The van der Waals surface area contributed by atoms with Gasteiger partial charge < -0.3 is 9.52 Å². The van der Waals surface area contributed by atoms with Gasteiger partial charge in [0.05, 0.1) is 9.90 Å². The topological polar surface area (TPSA) is 81.2 Å². The largest absolute Gasteiger partial charge is 0.476 e. The molecule has 9 heteroatoms. The van der Waals surface area contributed by atoms with E-state index in [1.807, 2.05) is 6.92 Å². The molecule has 0 unspecified atom stereocenters. The summed E-state index contributed by atoms with van der Waals surface area (Å²) in [5, 5.41) is 15.2. The molecule has 4 aromatic rings. The maximum absolute atomic E-state index is 13.9. The Morgan fingerprint density at radius 1 is 1.36 bits per heavy atom. The molecule has 0 radical (unpaired) electrons. The number of thioether (sulfide) groups is 1. The van der Waals surface area contributed by atoms with Crippen LogP contribution in [-0.2, 0) is 0 Å². The molecule has 1 aromatic carbocycles. The van der Waals surface area contributed by atoms with Crippen LogP contribution in [0.2, 0.25) is 0 Å². The van der Waals surface area contributed by atoms with Crippen LogP contribution in [0.25, 0.3) is 33.6 Å². The van der Waals surface area contributed by atoms with Crippen molar-refractivity contribution >= 4 is 35.1 Å². The molecule has 1 N–H and O–H groups in total. The second-order valence-electron chi connectivity index (χ2n) is 7.66. The number of thiazole rings is 1. The number of hydrogen-bond donors (Lipinski definition) is 1. The van der Waals surface area contributed by atoms with Gasteiger partial charge in [-0.05, 0) is 31.5 Å². The lowest BCUT2D eigenvalue weighted by atomic mass is 10.0. The average molecular weight is 484 g/mol. The Balaban J connectivity index is 1.94. The van der Waals surface area contributed by atoms with Crippen LogP contribution in [0, 0.1) is 19.7 Å². The number of halogens is 1. The normalized spacial score (nSPS) is 11.3. The fourth-order valence-corrected chi connectivity index (χ4v) is 6.07. The lowest BCUT2D eigenvalue weighted by molar-refractivity contribution is 0.0688. The first kappa shape index (κ1) is 23.0. The Bertz CT molecular complexity index is 1370. The van der Waals surface area contributed by atoms with Gasteiger partial charge in [-0.3, -0.25) is 0 Å². The lowest BCUT2D eigenvalue weighted by Crippen LogP contribution is -2.09. The number of rotatable bonds is 7. The number of carbonyl (C=O) groups is 1. The summed E-state index contributed by atoms with van der Waals surface area (Å²) in [6.07, 6.45) is 3.36. The molecule has 0 amide bonds. The van der Waals surface area contributed by atoms with Crippen molar-refractivity contribution in [3.8, 4) is 27.5 Å². The van der Waals surface area contributed by atoms with E-state index < -0.39 is 11.8 Å². The van der Waals surface area contributed by atoms with Crippen molar-refractivity contribution < 1.29 is 18.7 Å². The molecule has 0 bridgehead atoms. The van der Waals surface area contributed by atoms with Crippen molar-refractivity contribution in [2.24, 2.45) is 0 Å². The molecule has 0 spiro atoms. The summed E-state index contributed by atoms with van der Waals surface area (Å²) >= 11 is 2.98.